The number of rotatable bonds is 4. The van der Waals surface area contributed by atoms with Crippen molar-refractivity contribution in [3.63, 3.8) is 0 Å². The summed E-state index contributed by atoms with van der Waals surface area (Å²) in [6.07, 6.45) is 2.98. The molecule has 1 saturated heterocycles. The Morgan fingerprint density at radius 3 is 2.10 bits per heavy atom. The molecule has 5 heteroatoms. The lowest BCUT2D eigenvalue weighted by atomic mass is 9.78. The minimum atomic E-state index is -0.433. The fourth-order valence-electron chi connectivity index (χ4n) is 2.78. The predicted molar refractivity (Wildman–Crippen MR) is 89.3 cm³/mol. The molecule has 1 aliphatic rings. The summed E-state index contributed by atoms with van der Waals surface area (Å²) in [6, 6.07) is -0.816. The Labute approximate surface area is 133 Å². The van der Waals surface area contributed by atoms with Crippen molar-refractivity contribution in [3.8, 4) is 0 Å². The van der Waals surface area contributed by atoms with Crippen molar-refractivity contribution in [2.24, 2.45) is 10.8 Å². The first kappa shape index (κ1) is 18.3. The fraction of sp³-hybridized carbons (Fsp3) is 0.875. The number of piperazine rings is 1. The van der Waals surface area contributed by atoms with Crippen molar-refractivity contribution in [1.82, 2.24) is 10.2 Å². The Bertz CT molecular complexity index is 396. The van der Waals surface area contributed by atoms with Gasteiger partial charge in [-0.1, -0.05) is 41.5 Å². The van der Waals surface area contributed by atoms with E-state index in [0.717, 1.165) is 12.2 Å². The van der Waals surface area contributed by atoms with Gasteiger partial charge in [0, 0.05) is 6.54 Å². The normalized spacial score (nSPS) is 24.2. The number of hydrogen-bond donors (Lipinski definition) is 1. The third-order valence-corrected chi connectivity index (χ3v) is 4.51. The molecule has 0 bridgehead atoms. The Kier molecular flexibility index (Phi) is 5.76. The summed E-state index contributed by atoms with van der Waals surface area (Å²) in [5.41, 5.74) is -0.532. The monoisotopic (exact) mass is 314 g/mol. The summed E-state index contributed by atoms with van der Waals surface area (Å²) in [6.45, 7) is 12.7. The predicted octanol–water partition coefficient (Wildman–Crippen LogP) is 2.53. The van der Waals surface area contributed by atoms with Crippen LogP contribution in [0.25, 0.3) is 0 Å². The van der Waals surface area contributed by atoms with Crippen LogP contribution in [0.4, 0.5) is 0 Å². The Balaban J connectivity index is 3.05. The van der Waals surface area contributed by atoms with Gasteiger partial charge in [0.15, 0.2) is 0 Å². The Morgan fingerprint density at radius 2 is 1.67 bits per heavy atom. The molecular weight excluding hydrogens is 284 g/mol. The maximum absolute atomic E-state index is 12.9. The largest absolute Gasteiger partial charge is 0.342 e. The van der Waals surface area contributed by atoms with E-state index in [1.807, 2.05) is 46.4 Å². The molecule has 0 radical (unpaired) electrons. The molecule has 0 aromatic carbocycles. The van der Waals surface area contributed by atoms with Gasteiger partial charge in [-0.2, -0.15) is 11.8 Å². The second-order valence-corrected chi connectivity index (χ2v) is 8.94. The smallest absolute Gasteiger partial charge is 0.246 e. The van der Waals surface area contributed by atoms with Gasteiger partial charge in [-0.25, -0.2) is 0 Å². The van der Waals surface area contributed by atoms with Crippen molar-refractivity contribution >= 4 is 23.6 Å². The van der Waals surface area contributed by atoms with Crippen molar-refractivity contribution in [2.45, 2.75) is 60.0 Å². The molecule has 2 unspecified atom stereocenters. The second-order valence-electron chi connectivity index (χ2n) is 7.95. The molecule has 2 atom stereocenters. The van der Waals surface area contributed by atoms with Crippen LogP contribution in [0, 0.1) is 10.8 Å². The van der Waals surface area contributed by atoms with E-state index >= 15 is 0 Å². The standard InChI is InChI=1S/C16H30N2O2S/c1-15(2,3)11-14(20)18(9-8-10-21-7)12(13(19)17-11)16(4,5)6/h11-12H,8-10H2,1-7H3,(H,17,19). The van der Waals surface area contributed by atoms with Gasteiger partial charge in [0.05, 0.1) is 0 Å². The first-order chi connectivity index (χ1) is 9.50. The molecule has 1 fully saturated rings. The minimum absolute atomic E-state index is 0.0221. The molecule has 1 aliphatic heterocycles. The topological polar surface area (TPSA) is 49.4 Å². The lowest BCUT2D eigenvalue weighted by Crippen LogP contribution is -2.69. The first-order valence-corrected chi connectivity index (χ1v) is 8.99. The molecule has 122 valence electrons. The van der Waals surface area contributed by atoms with Crippen LogP contribution >= 0.6 is 11.8 Å². The van der Waals surface area contributed by atoms with E-state index in [-0.39, 0.29) is 28.7 Å². The van der Waals surface area contributed by atoms with E-state index in [1.54, 1.807) is 11.8 Å². The summed E-state index contributed by atoms with van der Waals surface area (Å²) in [4.78, 5) is 27.3. The molecule has 21 heavy (non-hydrogen) atoms. The van der Waals surface area contributed by atoms with Crippen molar-refractivity contribution in [3.05, 3.63) is 0 Å². The van der Waals surface area contributed by atoms with Gasteiger partial charge >= 0.3 is 0 Å². The SMILES string of the molecule is CSCCCN1C(=O)C(C(C)(C)C)NC(=O)C1C(C)(C)C. The second kappa shape index (κ2) is 6.59. The lowest BCUT2D eigenvalue weighted by molar-refractivity contribution is -0.156. The zero-order chi connectivity index (χ0) is 16.4. The molecular formula is C16H30N2O2S. The van der Waals surface area contributed by atoms with Crippen molar-refractivity contribution < 1.29 is 9.59 Å². The maximum atomic E-state index is 12.9. The van der Waals surface area contributed by atoms with Crippen LogP contribution in [0.1, 0.15) is 48.0 Å². The van der Waals surface area contributed by atoms with Crippen LogP contribution in [0.5, 0.6) is 0 Å². The maximum Gasteiger partial charge on any atom is 0.246 e. The number of hydrogen-bond acceptors (Lipinski definition) is 3. The van der Waals surface area contributed by atoms with Crippen LogP contribution in [0.15, 0.2) is 0 Å². The van der Waals surface area contributed by atoms with E-state index in [9.17, 15) is 9.59 Å². The van der Waals surface area contributed by atoms with Crippen LogP contribution in [-0.4, -0.2) is 47.4 Å². The molecule has 0 aliphatic carbocycles. The van der Waals surface area contributed by atoms with E-state index in [0.29, 0.717) is 6.54 Å². The van der Waals surface area contributed by atoms with Gasteiger partial charge in [0.25, 0.3) is 0 Å². The zero-order valence-electron chi connectivity index (χ0n) is 14.4. The van der Waals surface area contributed by atoms with Gasteiger partial charge in [-0.3, -0.25) is 9.59 Å². The highest BCUT2D eigenvalue weighted by atomic mass is 32.2. The molecule has 0 spiro atoms. The minimum Gasteiger partial charge on any atom is -0.342 e. The van der Waals surface area contributed by atoms with Crippen molar-refractivity contribution in [1.29, 1.82) is 0 Å². The van der Waals surface area contributed by atoms with E-state index in [4.69, 9.17) is 0 Å². The molecule has 0 aromatic rings. The summed E-state index contributed by atoms with van der Waals surface area (Å²) >= 11 is 1.77. The molecule has 2 amide bonds. The molecule has 0 aromatic heterocycles. The van der Waals surface area contributed by atoms with Gasteiger partial charge < -0.3 is 10.2 Å². The Morgan fingerprint density at radius 1 is 1.10 bits per heavy atom. The number of nitrogens with zero attached hydrogens (tertiary/aromatic N) is 1. The highest BCUT2D eigenvalue weighted by Crippen LogP contribution is 2.32. The molecule has 0 saturated carbocycles. The molecule has 1 N–H and O–H groups in total. The van der Waals surface area contributed by atoms with Gasteiger partial charge in [0.2, 0.25) is 11.8 Å². The van der Waals surface area contributed by atoms with Crippen LogP contribution in [-0.2, 0) is 9.59 Å². The third kappa shape index (κ3) is 4.38. The highest BCUT2D eigenvalue weighted by Gasteiger charge is 2.48. The van der Waals surface area contributed by atoms with Gasteiger partial charge in [-0.05, 0) is 29.3 Å². The molecule has 4 nitrogen and oxygen atoms in total. The average Bonchev–Trinajstić information content (AvgIpc) is 2.30. The quantitative estimate of drug-likeness (QED) is 0.811. The number of carbonyl (C=O) groups excluding carboxylic acids is 2. The third-order valence-electron chi connectivity index (χ3n) is 3.81. The zero-order valence-corrected chi connectivity index (χ0v) is 15.3. The van der Waals surface area contributed by atoms with Crippen LogP contribution in [0.2, 0.25) is 0 Å². The average molecular weight is 314 g/mol. The van der Waals surface area contributed by atoms with Gasteiger partial charge in [-0.15, -0.1) is 0 Å². The summed E-state index contributed by atoms with van der Waals surface area (Å²) in [5, 5.41) is 2.95. The number of nitrogens with one attached hydrogen (secondary N) is 1. The van der Waals surface area contributed by atoms with Gasteiger partial charge in [0.1, 0.15) is 12.1 Å². The molecule has 1 rings (SSSR count). The highest BCUT2D eigenvalue weighted by molar-refractivity contribution is 7.98. The molecule has 1 heterocycles. The van der Waals surface area contributed by atoms with E-state index in [1.165, 1.54) is 0 Å². The first-order valence-electron chi connectivity index (χ1n) is 7.60. The summed E-state index contributed by atoms with van der Waals surface area (Å²) in [5.74, 6) is 1.04. The summed E-state index contributed by atoms with van der Waals surface area (Å²) in [7, 11) is 0. The lowest BCUT2D eigenvalue weighted by Gasteiger charge is -2.47. The van der Waals surface area contributed by atoms with Crippen molar-refractivity contribution in [2.75, 3.05) is 18.6 Å². The number of thioether (sulfide) groups is 1. The summed E-state index contributed by atoms with van der Waals surface area (Å²) < 4.78 is 0. The Hall–Kier alpha value is -0.710. The van der Waals surface area contributed by atoms with E-state index < -0.39 is 6.04 Å². The number of carbonyl (C=O) groups is 2. The van der Waals surface area contributed by atoms with Crippen LogP contribution < -0.4 is 5.32 Å². The van der Waals surface area contributed by atoms with Crippen LogP contribution in [0.3, 0.4) is 0 Å². The van der Waals surface area contributed by atoms with E-state index in [2.05, 4.69) is 11.6 Å². The number of amides is 2. The fourth-order valence-corrected chi connectivity index (χ4v) is 3.20.